The molecule has 0 aromatic carbocycles. The number of rotatable bonds is 6. The van der Waals surface area contributed by atoms with Crippen LogP contribution in [0.25, 0.3) is 0 Å². The highest BCUT2D eigenvalue weighted by atomic mass is 32.1. The average Bonchev–Trinajstić information content (AvgIpc) is 2.85. The molecule has 17 heavy (non-hydrogen) atoms. The number of methoxy groups -OCH3 is 1. The fraction of sp³-hybridized carbons (Fsp3) is 0.667. The van der Waals surface area contributed by atoms with Gasteiger partial charge in [0.1, 0.15) is 10.6 Å². The van der Waals surface area contributed by atoms with Gasteiger partial charge in [-0.25, -0.2) is 9.78 Å². The van der Waals surface area contributed by atoms with E-state index in [1.54, 1.807) is 5.38 Å². The standard InChI is InChI=1S/C12H19NO3S/c1-5-12(6-2,16-7-3)11-13-9(8-17-11)10(14)15-4/h8H,5-7H2,1-4H3. The number of thiazole rings is 1. The van der Waals surface area contributed by atoms with Crippen molar-refractivity contribution in [2.24, 2.45) is 0 Å². The summed E-state index contributed by atoms with van der Waals surface area (Å²) < 4.78 is 10.5. The Hall–Kier alpha value is -0.940. The normalized spacial score (nSPS) is 11.5. The third-order valence-electron chi connectivity index (χ3n) is 2.85. The highest BCUT2D eigenvalue weighted by Crippen LogP contribution is 2.35. The van der Waals surface area contributed by atoms with Crippen molar-refractivity contribution in [2.75, 3.05) is 13.7 Å². The van der Waals surface area contributed by atoms with E-state index in [1.807, 2.05) is 6.92 Å². The minimum absolute atomic E-state index is 0.360. The second kappa shape index (κ2) is 6.12. The molecule has 1 aromatic heterocycles. The van der Waals surface area contributed by atoms with Gasteiger partial charge in [0, 0.05) is 12.0 Å². The Bertz CT molecular complexity index is 372. The van der Waals surface area contributed by atoms with E-state index in [0.717, 1.165) is 17.8 Å². The molecule has 0 radical (unpaired) electrons. The predicted octanol–water partition coefficient (Wildman–Crippen LogP) is 2.98. The van der Waals surface area contributed by atoms with Gasteiger partial charge in [-0.3, -0.25) is 0 Å². The van der Waals surface area contributed by atoms with Crippen LogP contribution in [-0.2, 0) is 15.1 Å². The summed E-state index contributed by atoms with van der Waals surface area (Å²) in [6.07, 6.45) is 1.68. The number of aromatic nitrogens is 1. The van der Waals surface area contributed by atoms with Gasteiger partial charge in [-0.1, -0.05) is 13.8 Å². The molecule has 0 amide bonds. The van der Waals surface area contributed by atoms with Crippen molar-refractivity contribution in [1.82, 2.24) is 4.98 Å². The Morgan fingerprint density at radius 2 is 2.06 bits per heavy atom. The van der Waals surface area contributed by atoms with Crippen molar-refractivity contribution < 1.29 is 14.3 Å². The van der Waals surface area contributed by atoms with Crippen LogP contribution in [0.15, 0.2) is 5.38 Å². The molecule has 0 aliphatic rings. The van der Waals surface area contributed by atoms with Crippen LogP contribution in [0.4, 0.5) is 0 Å². The summed E-state index contributed by atoms with van der Waals surface area (Å²) in [6.45, 7) is 6.74. The molecule has 0 saturated carbocycles. The van der Waals surface area contributed by atoms with Crippen molar-refractivity contribution in [3.05, 3.63) is 16.1 Å². The zero-order chi connectivity index (χ0) is 12.9. The van der Waals surface area contributed by atoms with E-state index in [-0.39, 0.29) is 5.60 Å². The molecule has 0 atom stereocenters. The van der Waals surface area contributed by atoms with E-state index in [2.05, 4.69) is 23.6 Å². The van der Waals surface area contributed by atoms with Crippen LogP contribution < -0.4 is 0 Å². The second-order valence-corrected chi connectivity index (χ2v) is 4.52. The molecule has 5 heteroatoms. The van der Waals surface area contributed by atoms with Gasteiger partial charge in [-0.15, -0.1) is 11.3 Å². The molecule has 0 spiro atoms. The predicted molar refractivity (Wildman–Crippen MR) is 67.3 cm³/mol. The summed E-state index contributed by atoms with van der Waals surface area (Å²) in [5, 5.41) is 2.57. The maximum Gasteiger partial charge on any atom is 0.357 e. The van der Waals surface area contributed by atoms with Crippen LogP contribution in [0.5, 0.6) is 0 Å². The summed E-state index contributed by atoms with van der Waals surface area (Å²) >= 11 is 1.45. The van der Waals surface area contributed by atoms with E-state index in [4.69, 9.17) is 4.74 Å². The van der Waals surface area contributed by atoms with Gasteiger partial charge in [-0.2, -0.15) is 0 Å². The van der Waals surface area contributed by atoms with E-state index in [9.17, 15) is 4.79 Å². The summed E-state index contributed by atoms with van der Waals surface area (Å²) in [5.74, 6) is -0.398. The number of hydrogen-bond acceptors (Lipinski definition) is 5. The summed E-state index contributed by atoms with van der Waals surface area (Å²) in [6, 6.07) is 0. The highest BCUT2D eigenvalue weighted by molar-refractivity contribution is 7.10. The topological polar surface area (TPSA) is 48.4 Å². The second-order valence-electron chi connectivity index (χ2n) is 3.66. The van der Waals surface area contributed by atoms with Gasteiger partial charge in [0.05, 0.1) is 7.11 Å². The Balaban J connectivity index is 3.03. The highest BCUT2D eigenvalue weighted by Gasteiger charge is 2.33. The van der Waals surface area contributed by atoms with Gasteiger partial charge in [0.15, 0.2) is 5.69 Å². The zero-order valence-electron chi connectivity index (χ0n) is 10.8. The lowest BCUT2D eigenvalue weighted by Crippen LogP contribution is -2.28. The molecule has 0 fully saturated rings. The molecule has 1 rings (SSSR count). The number of ether oxygens (including phenoxy) is 2. The zero-order valence-corrected chi connectivity index (χ0v) is 11.6. The molecule has 0 unspecified atom stereocenters. The lowest BCUT2D eigenvalue weighted by molar-refractivity contribution is -0.0507. The molecular weight excluding hydrogens is 238 g/mol. The molecule has 0 saturated heterocycles. The largest absolute Gasteiger partial charge is 0.464 e. The fourth-order valence-corrected chi connectivity index (χ4v) is 2.86. The van der Waals surface area contributed by atoms with E-state index in [0.29, 0.717) is 12.3 Å². The molecular formula is C12H19NO3S. The Morgan fingerprint density at radius 1 is 1.41 bits per heavy atom. The van der Waals surface area contributed by atoms with E-state index >= 15 is 0 Å². The Kier molecular flexibility index (Phi) is 5.08. The third-order valence-corrected chi connectivity index (χ3v) is 3.88. The quantitative estimate of drug-likeness (QED) is 0.735. The first-order valence-corrected chi connectivity index (χ1v) is 6.69. The summed E-state index contributed by atoms with van der Waals surface area (Å²) in [5.41, 5.74) is -0.00966. The molecule has 96 valence electrons. The molecule has 0 N–H and O–H groups in total. The van der Waals surface area contributed by atoms with Crippen molar-refractivity contribution >= 4 is 17.3 Å². The smallest absolute Gasteiger partial charge is 0.357 e. The van der Waals surface area contributed by atoms with Crippen molar-refractivity contribution in [2.45, 2.75) is 39.2 Å². The number of carbonyl (C=O) groups excluding carboxylic acids is 1. The number of nitrogens with zero attached hydrogens (tertiary/aromatic N) is 1. The van der Waals surface area contributed by atoms with Crippen molar-refractivity contribution in [1.29, 1.82) is 0 Å². The van der Waals surface area contributed by atoms with Gasteiger partial charge >= 0.3 is 5.97 Å². The van der Waals surface area contributed by atoms with Crippen LogP contribution >= 0.6 is 11.3 Å². The monoisotopic (exact) mass is 257 g/mol. The minimum Gasteiger partial charge on any atom is -0.464 e. The lowest BCUT2D eigenvalue weighted by atomic mass is 9.98. The molecule has 0 aliphatic carbocycles. The van der Waals surface area contributed by atoms with Crippen LogP contribution in [0.1, 0.15) is 49.1 Å². The molecule has 0 aliphatic heterocycles. The van der Waals surface area contributed by atoms with Gasteiger partial charge in [-0.05, 0) is 19.8 Å². The molecule has 1 aromatic rings. The van der Waals surface area contributed by atoms with Crippen LogP contribution in [0.2, 0.25) is 0 Å². The van der Waals surface area contributed by atoms with E-state index in [1.165, 1.54) is 18.4 Å². The Labute approximate surface area is 106 Å². The summed E-state index contributed by atoms with van der Waals surface area (Å²) in [4.78, 5) is 15.7. The van der Waals surface area contributed by atoms with Crippen LogP contribution in [-0.4, -0.2) is 24.7 Å². The lowest BCUT2D eigenvalue weighted by Gasteiger charge is -2.29. The molecule has 4 nitrogen and oxygen atoms in total. The first kappa shape index (κ1) is 14.1. The minimum atomic E-state index is -0.398. The van der Waals surface area contributed by atoms with Crippen molar-refractivity contribution in [3.8, 4) is 0 Å². The fourth-order valence-electron chi connectivity index (χ4n) is 1.78. The SMILES string of the molecule is CCOC(CC)(CC)c1nc(C(=O)OC)cs1. The first-order chi connectivity index (χ1) is 8.13. The number of carbonyl (C=O) groups is 1. The van der Waals surface area contributed by atoms with Crippen molar-refractivity contribution in [3.63, 3.8) is 0 Å². The van der Waals surface area contributed by atoms with Crippen LogP contribution in [0.3, 0.4) is 0 Å². The maximum absolute atomic E-state index is 11.4. The van der Waals surface area contributed by atoms with Crippen LogP contribution in [0, 0.1) is 0 Å². The van der Waals surface area contributed by atoms with Gasteiger partial charge < -0.3 is 9.47 Å². The summed E-state index contributed by atoms with van der Waals surface area (Å²) in [7, 11) is 1.36. The average molecular weight is 257 g/mol. The van der Waals surface area contributed by atoms with Gasteiger partial charge in [0.25, 0.3) is 0 Å². The third kappa shape index (κ3) is 2.84. The number of esters is 1. The molecule has 0 bridgehead atoms. The number of hydrogen-bond donors (Lipinski definition) is 0. The Morgan fingerprint density at radius 3 is 2.53 bits per heavy atom. The van der Waals surface area contributed by atoms with Gasteiger partial charge in [0.2, 0.25) is 0 Å². The molecule has 1 heterocycles. The first-order valence-electron chi connectivity index (χ1n) is 5.81. The maximum atomic E-state index is 11.4. The van der Waals surface area contributed by atoms with E-state index < -0.39 is 5.97 Å².